The number of hydrogen-bond donors (Lipinski definition) is 2. The molecule has 1 aromatic carbocycles. The second-order valence-electron chi connectivity index (χ2n) is 10.7. The summed E-state index contributed by atoms with van der Waals surface area (Å²) in [5.74, 6) is 0.866. The van der Waals surface area contributed by atoms with Gasteiger partial charge in [-0.15, -0.1) is 35.0 Å². The lowest BCUT2D eigenvalue weighted by Gasteiger charge is -2.31. The van der Waals surface area contributed by atoms with Crippen molar-refractivity contribution in [3.8, 4) is 17.3 Å². The van der Waals surface area contributed by atoms with Crippen LogP contribution in [0.4, 0.5) is 13.2 Å². The Kier molecular flexibility index (Phi) is 8.74. The van der Waals surface area contributed by atoms with Crippen LogP contribution in [-0.2, 0) is 0 Å². The fourth-order valence-corrected chi connectivity index (χ4v) is 4.66. The molecular formula is C26H31Cl2F3N6O2. The van der Waals surface area contributed by atoms with Gasteiger partial charge in [0.05, 0.1) is 11.1 Å². The lowest BCUT2D eigenvalue weighted by molar-refractivity contribution is -0.184. The Hall–Kier alpha value is -2.70. The second kappa shape index (κ2) is 11.1. The maximum absolute atomic E-state index is 14.2. The van der Waals surface area contributed by atoms with Gasteiger partial charge in [-0.25, -0.2) is 4.98 Å². The van der Waals surface area contributed by atoms with E-state index in [1.165, 1.54) is 27.6 Å². The maximum Gasteiger partial charge on any atom is 0.408 e. The Morgan fingerprint density at radius 2 is 1.82 bits per heavy atom. The molecule has 2 atom stereocenters. The predicted octanol–water partition coefficient (Wildman–Crippen LogP) is 4.96. The highest BCUT2D eigenvalue weighted by Crippen LogP contribution is 2.41. The van der Waals surface area contributed by atoms with E-state index >= 15 is 0 Å². The van der Waals surface area contributed by atoms with E-state index in [9.17, 15) is 18.3 Å². The van der Waals surface area contributed by atoms with Crippen molar-refractivity contribution in [1.82, 2.24) is 24.5 Å². The number of aliphatic hydroxyl groups is 1. The minimum absolute atomic E-state index is 0. The van der Waals surface area contributed by atoms with Crippen LogP contribution in [0.3, 0.4) is 0 Å². The Labute approximate surface area is 236 Å². The molecule has 0 saturated carbocycles. The third kappa shape index (κ3) is 6.72. The third-order valence-electron chi connectivity index (χ3n) is 6.44. The zero-order valence-electron chi connectivity index (χ0n) is 21.6. The van der Waals surface area contributed by atoms with Gasteiger partial charge < -0.3 is 15.6 Å². The lowest BCUT2D eigenvalue weighted by Crippen LogP contribution is -2.43. The minimum Gasteiger partial charge on any atom is -0.491 e. The molecule has 0 bridgehead atoms. The standard InChI is InChI=1S/C26H29F3N6O2.2ClH/c1-24(2,36)15-37-18-7-4-16-5-8-19(31-20(16)12-18)23-33-32-21-9-6-17(13-35(21)23)22(26(27,28)29)34-11-10-25(3,30)14-34;;/h4-9,12-13,22,36H,10-11,14-15,30H2,1-3H3;2*1H/t22-,25?;;/m0../s1. The molecule has 1 saturated heterocycles. The summed E-state index contributed by atoms with van der Waals surface area (Å²) in [6, 6.07) is 10.2. The summed E-state index contributed by atoms with van der Waals surface area (Å²) >= 11 is 0. The molecule has 8 nitrogen and oxygen atoms in total. The van der Waals surface area contributed by atoms with Gasteiger partial charge in [0.1, 0.15) is 24.1 Å². The summed E-state index contributed by atoms with van der Waals surface area (Å²) in [7, 11) is 0. The largest absolute Gasteiger partial charge is 0.491 e. The first-order valence-electron chi connectivity index (χ1n) is 12.0. The Balaban J connectivity index is 0.00000210. The van der Waals surface area contributed by atoms with Gasteiger partial charge in [0.15, 0.2) is 11.5 Å². The number of hydrogen-bond acceptors (Lipinski definition) is 7. The average Bonchev–Trinajstić information content (AvgIpc) is 3.38. The van der Waals surface area contributed by atoms with E-state index in [4.69, 9.17) is 10.5 Å². The maximum atomic E-state index is 14.2. The Morgan fingerprint density at radius 3 is 2.46 bits per heavy atom. The molecule has 212 valence electrons. The molecule has 1 fully saturated rings. The smallest absolute Gasteiger partial charge is 0.408 e. The first-order valence-corrected chi connectivity index (χ1v) is 12.0. The van der Waals surface area contributed by atoms with Gasteiger partial charge in [-0.1, -0.05) is 12.1 Å². The highest BCUT2D eigenvalue weighted by Gasteiger charge is 2.48. The quantitative estimate of drug-likeness (QED) is 0.329. The van der Waals surface area contributed by atoms with E-state index in [1.54, 1.807) is 39.0 Å². The molecule has 0 spiro atoms. The molecule has 1 aliphatic rings. The average molecular weight is 587 g/mol. The van der Waals surface area contributed by atoms with Crippen LogP contribution in [0.25, 0.3) is 28.1 Å². The van der Waals surface area contributed by atoms with Crippen molar-refractivity contribution in [2.24, 2.45) is 5.73 Å². The highest BCUT2D eigenvalue weighted by molar-refractivity contribution is 5.85. The second-order valence-corrected chi connectivity index (χ2v) is 10.7. The number of ether oxygens (including phenoxy) is 1. The Bertz CT molecular complexity index is 1460. The number of likely N-dealkylation sites (tertiary alicyclic amines) is 1. The molecule has 0 amide bonds. The van der Waals surface area contributed by atoms with Gasteiger partial charge in [-0.05, 0) is 57.0 Å². The van der Waals surface area contributed by atoms with Crippen LogP contribution >= 0.6 is 24.8 Å². The molecule has 5 rings (SSSR count). The Morgan fingerprint density at radius 1 is 1.10 bits per heavy atom. The zero-order chi connectivity index (χ0) is 26.6. The van der Waals surface area contributed by atoms with E-state index in [0.717, 1.165) is 5.39 Å². The van der Waals surface area contributed by atoms with Gasteiger partial charge in [-0.3, -0.25) is 9.30 Å². The number of alkyl halides is 3. The fourth-order valence-electron chi connectivity index (χ4n) is 4.66. The molecule has 3 aromatic heterocycles. The lowest BCUT2D eigenvalue weighted by atomic mass is 10.0. The van der Waals surface area contributed by atoms with Crippen LogP contribution in [0.5, 0.6) is 5.75 Å². The fraction of sp³-hybridized carbons (Fsp3) is 0.423. The summed E-state index contributed by atoms with van der Waals surface area (Å²) < 4.78 is 49.9. The van der Waals surface area contributed by atoms with Gasteiger partial charge in [0.25, 0.3) is 0 Å². The van der Waals surface area contributed by atoms with E-state index in [1.807, 2.05) is 12.1 Å². The zero-order valence-corrected chi connectivity index (χ0v) is 23.3. The van der Waals surface area contributed by atoms with E-state index in [0.29, 0.717) is 34.9 Å². The summed E-state index contributed by atoms with van der Waals surface area (Å²) in [4.78, 5) is 6.06. The van der Waals surface area contributed by atoms with Gasteiger partial charge in [0.2, 0.25) is 0 Å². The van der Waals surface area contributed by atoms with Gasteiger partial charge in [-0.2, -0.15) is 13.2 Å². The van der Waals surface area contributed by atoms with Crippen molar-refractivity contribution in [3.63, 3.8) is 0 Å². The van der Waals surface area contributed by atoms with Crippen LogP contribution in [0.1, 0.15) is 38.8 Å². The first kappa shape index (κ1) is 30.8. The summed E-state index contributed by atoms with van der Waals surface area (Å²) in [5, 5.41) is 19.1. The molecule has 1 aliphatic heterocycles. The van der Waals surface area contributed by atoms with Gasteiger partial charge in [0, 0.05) is 36.3 Å². The number of pyridine rings is 2. The number of aromatic nitrogens is 4. The molecule has 1 unspecified atom stereocenters. The van der Waals surface area contributed by atoms with Crippen LogP contribution < -0.4 is 10.5 Å². The minimum atomic E-state index is -4.48. The molecule has 0 aliphatic carbocycles. The number of rotatable bonds is 6. The SMILES string of the molecule is CC(C)(O)COc1ccc2ccc(-c3nnc4ccc([C@H](N5CCC(C)(N)C5)C(F)(F)F)cn34)nc2c1.Cl.Cl. The molecular weight excluding hydrogens is 556 g/mol. The highest BCUT2D eigenvalue weighted by atomic mass is 35.5. The monoisotopic (exact) mass is 586 g/mol. The predicted molar refractivity (Wildman–Crippen MR) is 148 cm³/mol. The first-order chi connectivity index (χ1) is 17.3. The summed E-state index contributed by atoms with van der Waals surface area (Å²) in [6.45, 7) is 5.58. The number of fused-ring (bicyclic) bond motifs is 2. The molecule has 3 N–H and O–H groups in total. The van der Waals surface area contributed by atoms with Crippen LogP contribution in [0.2, 0.25) is 0 Å². The molecule has 39 heavy (non-hydrogen) atoms. The summed E-state index contributed by atoms with van der Waals surface area (Å²) in [5.41, 5.74) is 6.04. The summed E-state index contributed by atoms with van der Waals surface area (Å²) in [6.07, 6.45) is -2.56. The molecule has 0 radical (unpaired) electrons. The van der Waals surface area contributed by atoms with Crippen LogP contribution in [0, 0.1) is 0 Å². The van der Waals surface area contributed by atoms with Crippen molar-refractivity contribution >= 4 is 41.4 Å². The van der Waals surface area contributed by atoms with Crippen molar-refractivity contribution in [1.29, 1.82) is 0 Å². The number of halogens is 5. The number of nitrogens with two attached hydrogens (primary N) is 1. The van der Waals surface area contributed by atoms with Crippen LogP contribution in [0.15, 0.2) is 48.7 Å². The van der Waals surface area contributed by atoms with E-state index in [2.05, 4.69) is 15.2 Å². The number of benzene rings is 1. The normalized spacial score (nSPS) is 19.1. The molecule has 13 heteroatoms. The van der Waals surface area contributed by atoms with Gasteiger partial charge >= 0.3 is 6.18 Å². The molecule has 4 aromatic rings. The van der Waals surface area contributed by atoms with Crippen LogP contribution in [-0.4, -0.2) is 66.6 Å². The van der Waals surface area contributed by atoms with Crippen molar-refractivity contribution in [2.45, 2.75) is 50.6 Å². The van der Waals surface area contributed by atoms with Crippen molar-refractivity contribution < 1.29 is 23.0 Å². The topological polar surface area (TPSA) is 102 Å². The van der Waals surface area contributed by atoms with Crippen molar-refractivity contribution in [3.05, 3.63) is 54.2 Å². The number of nitrogens with zero attached hydrogens (tertiary/aromatic N) is 5. The van der Waals surface area contributed by atoms with Crippen molar-refractivity contribution in [2.75, 3.05) is 19.7 Å². The molecule has 4 heterocycles. The van der Waals surface area contributed by atoms with E-state index < -0.39 is 23.4 Å². The van der Waals surface area contributed by atoms with E-state index in [-0.39, 0.29) is 50.1 Å². The third-order valence-corrected chi connectivity index (χ3v) is 6.44.